The molecule has 0 unspecified atom stereocenters. The van der Waals surface area contributed by atoms with Gasteiger partial charge in [-0.2, -0.15) is 0 Å². The first-order chi connectivity index (χ1) is 11.9. The normalized spacial score (nSPS) is 17.5. The van der Waals surface area contributed by atoms with Gasteiger partial charge in [0.15, 0.2) is 5.17 Å². The largest absolute Gasteiger partial charge is 0.478 e. The lowest BCUT2D eigenvalue weighted by Crippen LogP contribution is -2.28. The Morgan fingerprint density at radius 3 is 2.44 bits per heavy atom. The third-order valence-electron chi connectivity index (χ3n) is 3.55. The van der Waals surface area contributed by atoms with Crippen molar-refractivity contribution in [2.45, 2.75) is 13.8 Å². The lowest BCUT2D eigenvalue weighted by atomic mass is 10.2. The molecule has 2 aromatic rings. The van der Waals surface area contributed by atoms with Crippen LogP contribution in [0.4, 0.5) is 11.4 Å². The standard InChI is InChI=1S/C19H16N2O3S/c1-12-5-3-7-14(9-12)20-19-21(15-8-4-6-13(2)10-15)18(24)16(25-19)11-17(22)23/h3-11H,1-2H3,(H,22,23)/b16-11-,20-19+. The van der Waals surface area contributed by atoms with E-state index < -0.39 is 5.97 Å². The second kappa shape index (κ2) is 6.94. The van der Waals surface area contributed by atoms with Gasteiger partial charge in [-0.1, -0.05) is 24.3 Å². The highest BCUT2D eigenvalue weighted by atomic mass is 32.2. The number of hydrogen-bond acceptors (Lipinski definition) is 4. The number of anilines is 1. The van der Waals surface area contributed by atoms with Gasteiger partial charge < -0.3 is 5.11 Å². The molecule has 1 aliphatic rings. The van der Waals surface area contributed by atoms with Crippen molar-refractivity contribution < 1.29 is 14.7 Å². The summed E-state index contributed by atoms with van der Waals surface area (Å²) in [6.07, 6.45) is 0.925. The highest BCUT2D eigenvalue weighted by molar-refractivity contribution is 8.19. The summed E-state index contributed by atoms with van der Waals surface area (Å²) in [6, 6.07) is 15.1. The highest BCUT2D eigenvalue weighted by Crippen LogP contribution is 2.36. The van der Waals surface area contributed by atoms with Gasteiger partial charge in [0.2, 0.25) is 0 Å². The Bertz CT molecular complexity index is 918. The van der Waals surface area contributed by atoms with Crippen molar-refractivity contribution in [3.8, 4) is 0 Å². The molecule has 3 rings (SSSR count). The minimum absolute atomic E-state index is 0.139. The molecule has 0 aliphatic carbocycles. The molecular formula is C19H16N2O3S. The maximum Gasteiger partial charge on any atom is 0.329 e. The number of aliphatic carboxylic acids is 1. The average Bonchev–Trinajstić information content (AvgIpc) is 2.82. The van der Waals surface area contributed by atoms with Crippen LogP contribution in [0.2, 0.25) is 0 Å². The Morgan fingerprint density at radius 2 is 1.80 bits per heavy atom. The Hall–Kier alpha value is -2.86. The molecule has 0 bridgehead atoms. The maximum atomic E-state index is 12.7. The number of benzene rings is 2. The molecule has 1 aliphatic heterocycles. The monoisotopic (exact) mass is 352 g/mol. The molecule has 1 fully saturated rings. The molecule has 2 aromatic carbocycles. The smallest absolute Gasteiger partial charge is 0.329 e. The van der Waals surface area contributed by atoms with Crippen LogP contribution in [0, 0.1) is 13.8 Å². The van der Waals surface area contributed by atoms with Crippen molar-refractivity contribution in [3.05, 3.63) is 70.6 Å². The van der Waals surface area contributed by atoms with E-state index in [0.717, 1.165) is 29.0 Å². The number of amides is 1. The first-order valence-electron chi connectivity index (χ1n) is 7.63. The molecule has 0 spiro atoms. The summed E-state index contributed by atoms with van der Waals surface area (Å²) < 4.78 is 0. The summed E-state index contributed by atoms with van der Waals surface area (Å²) in [5, 5.41) is 9.44. The zero-order chi connectivity index (χ0) is 18.0. The second-order valence-corrected chi connectivity index (χ2v) is 6.67. The molecular weight excluding hydrogens is 336 g/mol. The fraction of sp³-hybridized carbons (Fsp3) is 0.105. The van der Waals surface area contributed by atoms with Gasteiger partial charge in [0, 0.05) is 6.08 Å². The van der Waals surface area contributed by atoms with Crippen molar-refractivity contribution in [2.75, 3.05) is 4.90 Å². The predicted octanol–water partition coefficient (Wildman–Crippen LogP) is 4.04. The summed E-state index contributed by atoms with van der Waals surface area (Å²) in [5.41, 5.74) is 3.43. The van der Waals surface area contributed by atoms with Crippen molar-refractivity contribution in [2.24, 2.45) is 4.99 Å². The van der Waals surface area contributed by atoms with Crippen LogP contribution in [0.15, 0.2) is 64.5 Å². The number of carbonyl (C=O) groups excluding carboxylic acids is 1. The van der Waals surface area contributed by atoms with E-state index in [0.29, 0.717) is 16.5 Å². The second-order valence-electron chi connectivity index (χ2n) is 5.66. The molecule has 5 nitrogen and oxygen atoms in total. The summed E-state index contributed by atoms with van der Waals surface area (Å²) >= 11 is 1.06. The Labute approximate surface area is 149 Å². The summed E-state index contributed by atoms with van der Waals surface area (Å²) in [6.45, 7) is 3.90. The van der Waals surface area contributed by atoms with Crippen LogP contribution >= 0.6 is 11.8 Å². The van der Waals surface area contributed by atoms with Crippen molar-refractivity contribution in [1.29, 1.82) is 0 Å². The highest BCUT2D eigenvalue weighted by Gasteiger charge is 2.35. The van der Waals surface area contributed by atoms with Crippen molar-refractivity contribution >= 4 is 40.2 Å². The van der Waals surface area contributed by atoms with E-state index in [1.165, 1.54) is 4.90 Å². The molecule has 25 heavy (non-hydrogen) atoms. The molecule has 0 radical (unpaired) electrons. The van der Waals surface area contributed by atoms with Gasteiger partial charge in [0.25, 0.3) is 5.91 Å². The minimum Gasteiger partial charge on any atom is -0.478 e. The van der Waals surface area contributed by atoms with Crippen LogP contribution in [0.25, 0.3) is 0 Å². The third kappa shape index (κ3) is 3.80. The van der Waals surface area contributed by atoms with E-state index in [2.05, 4.69) is 4.99 Å². The van der Waals surface area contributed by atoms with E-state index in [1.807, 2.05) is 56.3 Å². The number of carboxylic acids is 1. The first-order valence-corrected chi connectivity index (χ1v) is 8.44. The number of rotatable bonds is 3. The zero-order valence-corrected chi connectivity index (χ0v) is 14.6. The summed E-state index contributed by atoms with van der Waals surface area (Å²) in [7, 11) is 0. The molecule has 0 saturated carbocycles. The van der Waals surface area contributed by atoms with E-state index in [4.69, 9.17) is 5.11 Å². The van der Waals surface area contributed by atoms with Crippen LogP contribution in [-0.4, -0.2) is 22.2 Å². The summed E-state index contributed by atoms with van der Waals surface area (Å²) in [5.74, 6) is -1.54. The maximum absolute atomic E-state index is 12.7. The van der Waals surface area contributed by atoms with Crippen molar-refractivity contribution in [3.63, 3.8) is 0 Å². The number of amidine groups is 1. The van der Waals surface area contributed by atoms with Gasteiger partial charge in [0.05, 0.1) is 16.3 Å². The van der Waals surface area contributed by atoms with Gasteiger partial charge in [-0.15, -0.1) is 0 Å². The lowest BCUT2D eigenvalue weighted by Gasteiger charge is -2.16. The third-order valence-corrected chi connectivity index (χ3v) is 4.52. The molecule has 126 valence electrons. The van der Waals surface area contributed by atoms with E-state index in [-0.39, 0.29) is 10.8 Å². The van der Waals surface area contributed by atoms with E-state index in [9.17, 15) is 9.59 Å². The molecule has 1 N–H and O–H groups in total. The van der Waals surface area contributed by atoms with Crippen LogP contribution in [-0.2, 0) is 9.59 Å². The zero-order valence-electron chi connectivity index (χ0n) is 13.8. The Morgan fingerprint density at radius 1 is 1.12 bits per heavy atom. The number of thioether (sulfide) groups is 1. The van der Waals surface area contributed by atoms with Gasteiger partial charge in [-0.05, 0) is 61.0 Å². The van der Waals surface area contributed by atoms with Gasteiger partial charge in [0.1, 0.15) is 0 Å². The molecule has 0 atom stereocenters. The van der Waals surface area contributed by atoms with E-state index >= 15 is 0 Å². The van der Waals surface area contributed by atoms with Gasteiger partial charge >= 0.3 is 5.97 Å². The molecule has 1 saturated heterocycles. The molecule has 0 aromatic heterocycles. The topological polar surface area (TPSA) is 70.0 Å². The number of hydrogen-bond donors (Lipinski definition) is 1. The molecule has 1 heterocycles. The minimum atomic E-state index is -1.16. The lowest BCUT2D eigenvalue weighted by molar-refractivity contribution is -0.131. The fourth-order valence-corrected chi connectivity index (χ4v) is 3.43. The first kappa shape index (κ1) is 17.0. The number of aryl methyl sites for hydroxylation is 2. The average molecular weight is 352 g/mol. The number of carbonyl (C=O) groups is 2. The fourth-order valence-electron chi connectivity index (χ4n) is 2.46. The van der Waals surface area contributed by atoms with Crippen LogP contribution < -0.4 is 4.90 Å². The van der Waals surface area contributed by atoms with Crippen LogP contribution in [0.5, 0.6) is 0 Å². The Balaban J connectivity index is 2.09. The molecule has 1 amide bonds. The summed E-state index contributed by atoms with van der Waals surface area (Å²) in [4.78, 5) is 29.9. The van der Waals surface area contributed by atoms with E-state index in [1.54, 1.807) is 6.07 Å². The number of nitrogens with zero attached hydrogens (tertiary/aromatic N) is 2. The number of carboxylic acid groups (broad SMARTS) is 1. The predicted molar refractivity (Wildman–Crippen MR) is 100 cm³/mol. The molecule has 6 heteroatoms. The van der Waals surface area contributed by atoms with Crippen molar-refractivity contribution in [1.82, 2.24) is 0 Å². The number of aliphatic imine (C=N–C) groups is 1. The van der Waals surface area contributed by atoms with Gasteiger partial charge in [-0.3, -0.25) is 9.69 Å². The Kier molecular flexibility index (Phi) is 4.72. The van der Waals surface area contributed by atoms with Gasteiger partial charge in [-0.25, -0.2) is 9.79 Å². The van der Waals surface area contributed by atoms with Crippen LogP contribution in [0.1, 0.15) is 11.1 Å². The quantitative estimate of drug-likeness (QED) is 0.847. The van der Waals surface area contributed by atoms with Crippen LogP contribution in [0.3, 0.4) is 0 Å². The SMILES string of the molecule is Cc1cccc(/N=C2/S/C(=C\C(=O)O)C(=O)N2c2cccc(C)c2)c1.